The molecular formula is C13H23N5O3. The highest BCUT2D eigenvalue weighted by molar-refractivity contribution is 5.90. The van der Waals surface area contributed by atoms with E-state index in [0.29, 0.717) is 19.0 Å². The number of nitrogens with zero attached hydrogens (tertiary/aromatic N) is 2. The van der Waals surface area contributed by atoms with Gasteiger partial charge < -0.3 is 15.4 Å². The Kier molecular flexibility index (Phi) is 6.29. The van der Waals surface area contributed by atoms with Gasteiger partial charge in [0, 0.05) is 32.0 Å². The lowest BCUT2D eigenvalue weighted by Crippen LogP contribution is -2.32. The van der Waals surface area contributed by atoms with E-state index in [1.807, 2.05) is 20.8 Å². The zero-order chi connectivity index (χ0) is 15.9. The molecule has 8 heteroatoms. The molecule has 0 radical (unpaired) electrons. The first kappa shape index (κ1) is 17.1. The molecule has 2 amide bonds. The number of hydrogen-bond acceptors (Lipinski definition) is 5. The fraction of sp³-hybridized carbons (Fsp3) is 0.692. The summed E-state index contributed by atoms with van der Waals surface area (Å²) in [6, 6.07) is 0. The summed E-state index contributed by atoms with van der Waals surface area (Å²) in [5, 5.41) is 11.9. The standard InChI is InChI=1S/C13H23N5O3/c1-13(2,3)12-16-10(17-18-12)11(20)15-6-5-9(19)14-7-8-21-4/h5-8H2,1-4H3,(H,14,19)(H,15,20)(H,16,17,18). The monoisotopic (exact) mass is 297 g/mol. The lowest BCUT2D eigenvalue weighted by atomic mass is 9.96. The van der Waals surface area contributed by atoms with E-state index in [-0.39, 0.29) is 30.1 Å². The fourth-order valence-electron chi connectivity index (χ4n) is 1.45. The predicted molar refractivity (Wildman–Crippen MR) is 76.9 cm³/mol. The number of carbonyl (C=O) groups is 2. The molecule has 1 rings (SSSR count). The van der Waals surface area contributed by atoms with Crippen LogP contribution in [-0.4, -0.2) is 53.8 Å². The molecule has 0 aliphatic heterocycles. The lowest BCUT2D eigenvalue weighted by Gasteiger charge is -2.12. The minimum absolute atomic E-state index is 0.0831. The van der Waals surface area contributed by atoms with Crippen LogP contribution in [-0.2, 0) is 14.9 Å². The number of aromatic amines is 1. The zero-order valence-corrected chi connectivity index (χ0v) is 12.9. The number of H-pyrrole nitrogens is 1. The average molecular weight is 297 g/mol. The fourth-order valence-corrected chi connectivity index (χ4v) is 1.45. The van der Waals surface area contributed by atoms with Gasteiger partial charge in [0.1, 0.15) is 5.82 Å². The molecular weight excluding hydrogens is 274 g/mol. The maximum Gasteiger partial charge on any atom is 0.290 e. The van der Waals surface area contributed by atoms with Crippen LogP contribution in [0.15, 0.2) is 0 Å². The van der Waals surface area contributed by atoms with E-state index >= 15 is 0 Å². The molecule has 1 aromatic rings. The van der Waals surface area contributed by atoms with Crippen LogP contribution in [0, 0.1) is 0 Å². The maximum absolute atomic E-state index is 11.8. The van der Waals surface area contributed by atoms with Crippen LogP contribution in [0.5, 0.6) is 0 Å². The van der Waals surface area contributed by atoms with Gasteiger partial charge in [-0.15, -0.1) is 5.10 Å². The van der Waals surface area contributed by atoms with Crippen molar-refractivity contribution in [3.63, 3.8) is 0 Å². The molecule has 21 heavy (non-hydrogen) atoms. The van der Waals surface area contributed by atoms with Crippen molar-refractivity contribution in [1.82, 2.24) is 25.8 Å². The van der Waals surface area contributed by atoms with Gasteiger partial charge in [0.2, 0.25) is 11.7 Å². The van der Waals surface area contributed by atoms with E-state index in [9.17, 15) is 9.59 Å². The van der Waals surface area contributed by atoms with Crippen LogP contribution in [0.2, 0.25) is 0 Å². The quantitative estimate of drug-likeness (QED) is 0.613. The van der Waals surface area contributed by atoms with Gasteiger partial charge in [-0.1, -0.05) is 20.8 Å². The number of aromatic nitrogens is 3. The topological polar surface area (TPSA) is 109 Å². The van der Waals surface area contributed by atoms with E-state index in [4.69, 9.17) is 4.74 Å². The van der Waals surface area contributed by atoms with Crippen LogP contribution >= 0.6 is 0 Å². The summed E-state index contributed by atoms with van der Waals surface area (Å²) in [7, 11) is 1.56. The van der Waals surface area contributed by atoms with E-state index in [0.717, 1.165) is 0 Å². The summed E-state index contributed by atoms with van der Waals surface area (Å²) in [6.45, 7) is 7.07. The van der Waals surface area contributed by atoms with Gasteiger partial charge in [0.05, 0.1) is 6.61 Å². The molecule has 0 aliphatic carbocycles. The first-order valence-corrected chi connectivity index (χ1v) is 6.81. The summed E-state index contributed by atoms with van der Waals surface area (Å²) in [5.41, 5.74) is -0.202. The van der Waals surface area contributed by atoms with Crippen molar-refractivity contribution in [3.05, 3.63) is 11.6 Å². The van der Waals surface area contributed by atoms with Crippen molar-refractivity contribution in [3.8, 4) is 0 Å². The number of nitrogens with one attached hydrogen (secondary N) is 3. The van der Waals surface area contributed by atoms with Gasteiger partial charge in [0.15, 0.2) is 0 Å². The van der Waals surface area contributed by atoms with E-state index < -0.39 is 5.91 Å². The van der Waals surface area contributed by atoms with Crippen molar-refractivity contribution in [2.45, 2.75) is 32.6 Å². The Balaban J connectivity index is 2.34. The molecule has 0 saturated heterocycles. The third kappa shape index (κ3) is 5.90. The Morgan fingerprint density at radius 3 is 2.52 bits per heavy atom. The molecule has 0 bridgehead atoms. The summed E-state index contributed by atoms with van der Waals surface area (Å²) in [6.07, 6.45) is 0.200. The first-order chi connectivity index (χ1) is 9.84. The molecule has 0 saturated carbocycles. The minimum Gasteiger partial charge on any atom is -0.383 e. The largest absolute Gasteiger partial charge is 0.383 e. The van der Waals surface area contributed by atoms with Gasteiger partial charge in [0.25, 0.3) is 5.91 Å². The number of methoxy groups -OCH3 is 1. The first-order valence-electron chi connectivity index (χ1n) is 6.81. The third-order valence-electron chi connectivity index (χ3n) is 2.66. The number of carbonyl (C=O) groups excluding carboxylic acids is 2. The second kappa shape index (κ2) is 7.72. The Hall–Kier alpha value is -1.96. The van der Waals surface area contributed by atoms with Gasteiger partial charge in [-0.3, -0.25) is 14.7 Å². The summed E-state index contributed by atoms with van der Waals surface area (Å²) in [4.78, 5) is 27.4. The van der Waals surface area contributed by atoms with Crippen molar-refractivity contribution >= 4 is 11.8 Å². The summed E-state index contributed by atoms with van der Waals surface area (Å²) < 4.78 is 4.82. The van der Waals surface area contributed by atoms with Crippen LogP contribution in [0.4, 0.5) is 0 Å². The van der Waals surface area contributed by atoms with Crippen molar-refractivity contribution in [2.24, 2.45) is 0 Å². The molecule has 0 atom stereocenters. The number of ether oxygens (including phenoxy) is 1. The second-order valence-electron chi connectivity index (χ2n) is 5.61. The number of hydrogen-bond donors (Lipinski definition) is 3. The number of rotatable bonds is 7. The summed E-state index contributed by atoms with van der Waals surface area (Å²) in [5.74, 6) is 0.189. The van der Waals surface area contributed by atoms with Crippen LogP contribution in [0.1, 0.15) is 43.6 Å². The Labute approximate surface area is 124 Å². The predicted octanol–water partition coefficient (Wildman–Crippen LogP) is -0.0153. The smallest absolute Gasteiger partial charge is 0.290 e. The molecule has 0 spiro atoms. The molecule has 1 aromatic heterocycles. The molecule has 0 aromatic carbocycles. The summed E-state index contributed by atoms with van der Waals surface area (Å²) >= 11 is 0. The molecule has 3 N–H and O–H groups in total. The molecule has 0 unspecified atom stereocenters. The van der Waals surface area contributed by atoms with Gasteiger partial charge >= 0.3 is 0 Å². The highest BCUT2D eigenvalue weighted by Gasteiger charge is 2.21. The lowest BCUT2D eigenvalue weighted by molar-refractivity contribution is -0.121. The van der Waals surface area contributed by atoms with Crippen LogP contribution in [0.3, 0.4) is 0 Å². The molecule has 8 nitrogen and oxygen atoms in total. The van der Waals surface area contributed by atoms with Gasteiger partial charge in [-0.05, 0) is 0 Å². The maximum atomic E-state index is 11.8. The molecule has 1 heterocycles. The number of amides is 2. The molecule has 118 valence electrons. The third-order valence-corrected chi connectivity index (χ3v) is 2.66. The normalized spacial score (nSPS) is 11.2. The SMILES string of the molecule is COCCNC(=O)CCNC(=O)c1n[nH]c(C(C)(C)C)n1. The highest BCUT2D eigenvalue weighted by atomic mass is 16.5. The highest BCUT2D eigenvalue weighted by Crippen LogP contribution is 2.17. The van der Waals surface area contributed by atoms with Crippen molar-refractivity contribution in [2.75, 3.05) is 26.8 Å². The zero-order valence-electron chi connectivity index (χ0n) is 12.9. The second-order valence-corrected chi connectivity index (χ2v) is 5.61. The Bertz CT molecular complexity index is 478. The average Bonchev–Trinajstić information content (AvgIpc) is 2.88. The van der Waals surface area contributed by atoms with E-state index in [1.165, 1.54) is 0 Å². The van der Waals surface area contributed by atoms with E-state index in [2.05, 4.69) is 25.8 Å². The van der Waals surface area contributed by atoms with Gasteiger partial charge in [-0.2, -0.15) is 0 Å². The Morgan fingerprint density at radius 1 is 1.24 bits per heavy atom. The van der Waals surface area contributed by atoms with Crippen LogP contribution < -0.4 is 10.6 Å². The van der Waals surface area contributed by atoms with Crippen molar-refractivity contribution < 1.29 is 14.3 Å². The van der Waals surface area contributed by atoms with Crippen molar-refractivity contribution in [1.29, 1.82) is 0 Å². The molecule has 0 fully saturated rings. The van der Waals surface area contributed by atoms with Gasteiger partial charge in [-0.25, -0.2) is 4.98 Å². The van der Waals surface area contributed by atoms with E-state index in [1.54, 1.807) is 7.11 Å². The minimum atomic E-state index is -0.397. The molecule has 0 aliphatic rings. The Morgan fingerprint density at radius 2 is 1.95 bits per heavy atom. The van der Waals surface area contributed by atoms with Crippen LogP contribution in [0.25, 0.3) is 0 Å².